The van der Waals surface area contributed by atoms with Gasteiger partial charge in [-0.1, -0.05) is 42.5 Å². The highest BCUT2D eigenvalue weighted by Gasteiger charge is 2.14. The van der Waals surface area contributed by atoms with E-state index < -0.39 is 5.97 Å². The topological polar surface area (TPSA) is 84.9 Å². The summed E-state index contributed by atoms with van der Waals surface area (Å²) >= 11 is 0. The first-order valence-electron chi connectivity index (χ1n) is 8.86. The minimum absolute atomic E-state index is 0.0312. The molecule has 0 bridgehead atoms. The van der Waals surface area contributed by atoms with E-state index >= 15 is 0 Å². The van der Waals surface area contributed by atoms with Crippen LogP contribution in [0.25, 0.3) is 0 Å². The van der Waals surface area contributed by atoms with E-state index in [0.29, 0.717) is 17.9 Å². The monoisotopic (exact) mass is 384 g/mol. The molecule has 0 aliphatic rings. The number of methoxy groups -OCH3 is 1. The molecule has 0 heterocycles. The Morgan fingerprint density at radius 3 is 2.39 bits per heavy atom. The number of carbonyl (C=O) groups excluding carboxylic acids is 3. The van der Waals surface area contributed by atoms with Gasteiger partial charge < -0.3 is 19.7 Å². The van der Waals surface area contributed by atoms with E-state index in [2.05, 4.69) is 5.32 Å². The average Bonchev–Trinajstić information content (AvgIpc) is 2.72. The lowest BCUT2D eigenvalue weighted by Crippen LogP contribution is -2.31. The van der Waals surface area contributed by atoms with Crippen LogP contribution in [-0.2, 0) is 20.9 Å². The zero-order valence-corrected chi connectivity index (χ0v) is 16.0. The molecular weight excluding hydrogens is 360 g/mol. The number of nitrogens with zero attached hydrogens (tertiary/aromatic N) is 1. The molecule has 0 saturated carbocycles. The fourth-order valence-corrected chi connectivity index (χ4v) is 2.48. The lowest BCUT2D eigenvalue weighted by molar-refractivity contribution is -0.151. The zero-order chi connectivity index (χ0) is 20.4. The second kappa shape index (κ2) is 10.7. The normalized spacial score (nSPS) is 10.1. The first-order chi connectivity index (χ1) is 13.5. The van der Waals surface area contributed by atoms with E-state index in [-0.39, 0.29) is 31.4 Å². The third kappa shape index (κ3) is 6.42. The van der Waals surface area contributed by atoms with Crippen LogP contribution in [0.2, 0.25) is 0 Å². The molecule has 0 fully saturated rings. The lowest BCUT2D eigenvalue weighted by Gasteiger charge is -2.17. The van der Waals surface area contributed by atoms with E-state index in [1.807, 2.05) is 30.3 Å². The molecule has 28 heavy (non-hydrogen) atoms. The largest absolute Gasteiger partial charge is 0.496 e. The van der Waals surface area contributed by atoms with Crippen molar-refractivity contribution in [1.82, 2.24) is 10.2 Å². The molecule has 2 rings (SSSR count). The van der Waals surface area contributed by atoms with Gasteiger partial charge in [-0.25, -0.2) is 0 Å². The zero-order valence-electron chi connectivity index (χ0n) is 16.0. The van der Waals surface area contributed by atoms with Gasteiger partial charge in [0.2, 0.25) is 0 Å². The fourth-order valence-electron chi connectivity index (χ4n) is 2.48. The summed E-state index contributed by atoms with van der Waals surface area (Å²) in [4.78, 5) is 37.5. The Hall–Kier alpha value is -3.35. The van der Waals surface area contributed by atoms with Gasteiger partial charge in [-0.05, 0) is 17.7 Å². The predicted octanol–water partition coefficient (Wildman–Crippen LogP) is 2.02. The predicted molar refractivity (Wildman–Crippen MR) is 104 cm³/mol. The summed E-state index contributed by atoms with van der Waals surface area (Å²) in [5, 5.41) is 2.63. The number of rotatable bonds is 9. The highest BCUT2D eigenvalue weighted by molar-refractivity contribution is 5.97. The van der Waals surface area contributed by atoms with Crippen LogP contribution in [0, 0.1) is 0 Å². The van der Waals surface area contributed by atoms with Gasteiger partial charge in [0.15, 0.2) is 6.61 Å². The number of amides is 2. The van der Waals surface area contributed by atoms with E-state index in [0.717, 1.165) is 5.56 Å². The maximum atomic E-state index is 12.1. The van der Waals surface area contributed by atoms with Crippen molar-refractivity contribution in [2.45, 2.75) is 13.0 Å². The first kappa shape index (κ1) is 21.0. The number of likely N-dealkylation sites (N-methyl/N-ethyl adjacent to an activating group) is 1. The molecule has 0 saturated heterocycles. The first-order valence-corrected chi connectivity index (χ1v) is 8.86. The SMILES string of the molecule is COc1ccccc1C(=O)NCCC(=O)OCC(=O)N(C)Cc1ccccc1. The lowest BCUT2D eigenvalue weighted by atomic mass is 10.2. The molecule has 0 aromatic heterocycles. The van der Waals surface area contributed by atoms with Crippen LogP contribution < -0.4 is 10.1 Å². The smallest absolute Gasteiger partial charge is 0.308 e. The van der Waals surface area contributed by atoms with Crippen LogP contribution in [0.3, 0.4) is 0 Å². The summed E-state index contributed by atoms with van der Waals surface area (Å²) < 4.78 is 10.1. The Labute approximate surface area is 164 Å². The molecule has 0 unspecified atom stereocenters. The summed E-state index contributed by atoms with van der Waals surface area (Å²) in [5.41, 5.74) is 1.37. The van der Waals surface area contributed by atoms with Gasteiger partial charge in [0.05, 0.1) is 19.1 Å². The van der Waals surface area contributed by atoms with Crippen LogP contribution in [-0.4, -0.2) is 50.0 Å². The number of ether oxygens (including phenoxy) is 2. The third-order valence-corrected chi connectivity index (χ3v) is 4.01. The van der Waals surface area contributed by atoms with Crippen molar-refractivity contribution in [3.63, 3.8) is 0 Å². The second-order valence-electron chi connectivity index (χ2n) is 6.10. The number of benzene rings is 2. The van der Waals surface area contributed by atoms with Crippen LogP contribution in [0.1, 0.15) is 22.3 Å². The van der Waals surface area contributed by atoms with Crippen molar-refractivity contribution in [2.24, 2.45) is 0 Å². The van der Waals surface area contributed by atoms with E-state index in [1.165, 1.54) is 12.0 Å². The molecule has 2 aromatic rings. The van der Waals surface area contributed by atoms with Crippen molar-refractivity contribution < 1.29 is 23.9 Å². The Morgan fingerprint density at radius 2 is 1.68 bits per heavy atom. The molecule has 0 aliphatic heterocycles. The van der Waals surface area contributed by atoms with Gasteiger partial charge in [0.1, 0.15) is 5.75 Å². The maximum absolute atomic E-state index is 12.1. The van der Waals surface area contributed by atoms with Gasteiger partial charge in [-0.3, -0.25) is 14.4 Å². The van der Waals surface area contributed by atoms with Gasteiger partial charge in [-0.2, -0.15) is 0 Å². The summed E-state index contributed by atoms with van der Waals surface area (Å²) in [6.07, 6.45) is -0.0312. The molecular formula is C21H24N2O5. The standard InChI is InChI=1S/C21H24N2O5/c1-23(14-16-8-4-3-5-9-16)19(24)15-28-20(25)12-13-22-21(26)17-10-6-7-11-18(17)27-2/h3-11H,12-15H2,1-2H3,(H,22,26). The molecule has 7 heteroatoms. The Bertz CT molecular complexity index is 807. The van der Waals surface area contributed by atoms with Gasteiger partial charge in [0, 0.05) is 20.1 Å². The summed E-state index contributed by atoms with van der Waals surface area (Å²) in [7, 11) is 3.13. The Morgan fingerprint density at radius 1 is 1.00 bits per heavy atom. The Kier molecular flexibility index (Phi) is 8.02. The fraction of sp³-hybridized carbons (Fsp3) is 0.286. The summed E-state index contributed by atoms with van der Waals surface area (Å²) in [5.74, 6) is -0.740. The Balaban J connectivity index is 1.69. The molecule has 0 atom stereocenters. The quantitative estimate of drug-likeness (QED) is 0.669. The van der Waals surface area contributed by atoms with Crippen LogP contribution >= 0.6 is 0 Å². The minimum atomic E-state index is -0.554. The van der Waals surface area contributed by atoms with Crippen molar-refractivity contribution >= 4 is 17.8 Å². The molecule has 0 radical (unpaired) electrons. The molecule has 0 spiro atoms. The number of hydrogen-bond acceptors (Lipinski definition) is 5. The maximum Gasteiger partial charge on any atom is 0.308 e. The van der Waals surface area contributed by atoms with Gasteiger partial charge >= 0.3 is 5.97 Å². The number of nitrogens with one attached hydrogen (secondary N) is 1. The molecule has 2 aromatic carbocycles. The number of carbonyl (C=O) groups is 3. The van der Waals surface area contributed by atoms with Crippen LogP contribution in [0.15, 0.2) is 54.6 Å². The van der Waals surface area contributed by atoms with Crippen molar-refractivity contribution in [3.8, 4) is 5.75 Å². The number of para-hydroxylation sites is 1. The third-order valence-electron chi connectivity index (χ3n) is 4.01. The van der Waals surface area contributed by atoms with E-state index in [9.17, 15) is 14.4 Å². The van der Waals surface area contributed by atoms with Gasteiger partial charge in [0.25, 0.3) is 11.8 Å². The highest BCUT2D eigenvalue weighted by Crippen LogP contribution is 2.16. The van der Waals surface area contributed by atoms with Crippen LogP contribution in [0.4, 0.5) is 0 Å². The van der Waals surface area contributed by atoms with Gasteiger partial charge in [-0.15, -0.1) is 0 Å². The molecule has 7 nitrogen and oxygen atoms in total. The number of esters is 1. The van der Waals surface area contributed by atoms with Crippen molar-refractivity contribution in [3.05, 3.63) is 65.7 Å². The van der Waals surface area contributed by atoms with Crippen molar-refractivity contribution in [2.75, 3.05) is 27.3 Å². The summed E-state index contributed by atoms with van der Waals surface area (Å²) in [6.45, 7) is 0.207. The summed E-state index contributed by atoms with van der Waals surface area (Å²) in [6, 6.07) is 16.3. The second-order valence-corrected chi connectivity index (χ2v) is 6.10. The molecule has 148 valence electrons. The highest BCUT2D eigenvalue weighted by atomic mass is 16.5. The van der Waals surface area contributed by atoms with Crippen molar-refractivity contribution in [1.29, 1.82) is 0 Å². The van der Waals surface area contributed by atoms with E-state index in [4.69, 9.17) is 9.47 Å². The molecule has 2 amide bonds. The molecule has 1 N–H and O–H groups in total. The minimum Gasteiger partial charge on any atom is -0.496 e. The molecule has 0 aliphatic carbocycles. The average molecular weight is 384 g/mol. The van der Waals surface area contributed by atoms with E-state index in [1.54, 1.807) is 31.3 Å². The number of hydrogen-bond donors (Lipinski definition) is 1. The van der Waals surface area contributed by atoms with Crippen LogP contribution in [0.5, 0.6) is 5.75 Å².